The Balaban J connectivity index is 1.63. The number of nitrogens with one attached hydrogen (secondary N) is 1. The third-order valence-corrected chi connectivity index (χ3v) is 6.15. The topological polar surface area (TPSA) is 69.2 Å². The van der Waals surface area contributed by atoms with Gasteiger partial charge in [-0.2, -0.15) is 0 Å². The second kappa shape index (κ2) is 7.70. The van der Waals surface area contributed by atoms with E-state index in [1.54, 1.807) is 11.3 Å². The molecule has 3 heterocycles. The van der Waals surface area contributed by atoms with Crippen molar-refractivity contribution in [3.63, 3.8) is 0 Å². The van der Waals surface area contributed by atoms with E-state index in [2.05, 4.69) is 9.88 Å². The maximum Gasteiger partial charge on any atom is 0.259 e. The van der Waals surface area contributed by atoms with E-state index in [1.807, 2.05) is 36.4 Å². The molecule has 1 unspecified atom stereocenters. The summed E-state index contributed by atoms with van der Waals surface area (Å²) in [4.78, 5) is 24.4. The molecule has 1 aromatic carbocycles. The van der Waals surface area contributed by atoms with Gasteiger partial charge in [0.1, 0.15) is 10.7 Å². The first kappa shape index (κ1) is 17.4. The van der Waals surface area contributed by atoms with Gasteiger partial charge in [0.25, 0.3) is 5.56 Å². The lowest BCUT2D eigenvalue weighted by Crippen LogP contribution is -2.40. The molecule has 5 nitrogen and oxygen atoms in total. The number of aliphatic hydroxyl groups is 1. The molecular weight excluding hydrogens is 346 g/mol. The predicted octanol–water partition coefficient (Wildman–Crippen LogP) is 3.39. The van der Waals surface area contributed by atoms with Crippen LogP contribution < -0.4 is 5.56 Å². The average Bonchev–Trinajstić information content (AvgIpc) is 3.09. The van der Waals surface area contributed by atoms with Crippen molar-refractivity contribution in [1.29, 1.82) is 0 Å². The van der Waals surface area contributed by atoms with Crippen molar-refractivity contribution < 1.29 is 5.11 Å². The van der Waals surface area contributed by atoms with Crippen LogP contribution in [0.1, 0.15) is 31.5 Å². The highest BCUT2D eigenvalue weighted by Crippen LogP contribution is 2.31. The van der Waals surface area contributed by atoms with Gasteiger partial charge < -0.3 is 10.1 Å². The molecule has 0 radical (unpaired) electrons. The Morgan fingerprint density at radius 2 is 2.12 bits per heavy atom. The molecule has 26 heavy (non-hydrogen) atoms. The first-order valence-electron chi connectivity index (χ1n) is 9.17. The van der Waals surface area contributed by atoms with Crippen molar-refractivity contribution in [3.05, 3.63) is 52.6 Å². The molecule has 4 rings (SSSR count). The van der Waals surface area contributed by atoms with Gasteiger partial charge in [0.2, 0.25) is 0 Å². The van der Waals surface area contributed by atoms with Gasteiger partial charge in [0.05, 0.1) is 11.9 Å². The van der Waals surface area contributed by atoms with Crippen LogP contribution in [0.2, 0.25) is 0 Å². The number of aliphatic hydroxyl groups excluding tert-OH is 1. The number of piperidine rings is 1. The van der Waals surface area contributed by atoms with Gasteiger partial charge in [0, 0.05) is 17.5 Å². The van der Waals surface area contributed by atoms with Gasteiger partial charge in [-0.3, -0.25) is 9.69 Å². The largest absolute Gasteiger partial charge is 0.396 e. The smallest absolute Gasteiger partial charge is 0.259 e. The Hall–Kier alpha value is -2.02. The van der Waals surface area contributed by atoms with Gasteiger partial charge in [-0.05, 0) is 37.4 Å². The molecule has 0 bridgehead atoms. The number of thiophene rings is 1. The highest BCUT2D eigenvalue weighted by atomic mass is 32.1. The zero-order valence-corrected chi connectivity index (χ0v) is 15.5. The van der Waals surface area contributed by atoms with Crippen LogP contribution in [0.15, 0.2) is 41.2 Å². The van der Waals surface area contributed by atoms with E-state index in [9.17, 15) is 9.90 Å². The van der Waals surface area contributed by atoms with Crippen molar-refractivity contribution >= 4 is 21.6 Å². The quantitative estimate of drug-likeness (QED) is 0.723. The Labute approximate surface area is 156 Å². The van der Waals surface area contributed by atoms with Crippen LogP contribution in [0.25, 0.3) is 20.7 Å². The van der Waals surface area contributed by atoms with Crippen molar-refractivity contribution in [3.8, 4) is 10.4 Å². The van der Waals surface area contributed by atoms with E-state index in [0.717, 1.165) is 41.1 Å². The first-order valence-corrected chi connectivity index (χ1v) is 9.99. The van der Waals surface area contributed by atoms with E-state index in [4.69, 9.17) is 4.98 Å². The number of hydrogen-bond acceptors (Lipinski definition) is 5. The summed E-state index contributed by atoms with van der Waals surface area (Å²) >= 11 is 1.56. The standard InChI is InChI=1S/C20H23N3O2S/c24-11-9-15-8-4-5-10-23(15)13-18-21-19(25)16-12-17(26-20(16)22-18)14-6-2-1-3-7-14/h1-3,6-7,12,15,24H,4-5,8-11,13H2,(H,21,22,25). The molecule has 1 aliphatic heterocycles. The maximum absolute atomic E-state index is 12.5. The van der Waals surface area contributed by atoms with Gasteiger partial charge >= 0.3 is 0 Å². The van der Waals surface area contributed by atoms with Crippen molar-refractivity contribution in [2.24, 2.45) is 0 Å². The van der Waals surface area contributed by atoms with Crippen LogP contribution in [0.4, 0.5) is 0 Å². The van der Waals surface area contributed by atoms with Crippen LogP contribution in [-0.4, -0.2) is 39.2 Å². The van der Waals surface area contributed by atoms with Crippen LogP contribution >= 0.6 is 11.3 Å². The number of hydrogen-bond donors (Lipinski definition) is 2. The highest BCUT2D eigenvalue weighted by molar-refractivity contribution is 7.21. The molecule has 0 spiro atoms. The van der Waals surface area contributed by atoms with Gasteiger partial charge in [-0.1, -0.05) is 36.8 Å². The maximum atomic E-state index is 12.5. The highest BCUT2D eigenvalue weighted by Gasteiger charge is 2.23. The number of nitrogens with zero attached hydrogens (tertiary/aromatic N) is 2. The van der Waals surface area contributed by atoms with Gasteiger partial charge in [-0.25, -0.2) is 4.98 Å². The summed E-state index contributed by atoms with van der Waals surface area (Å²) < 4.78 is 0. The SMILES string of the molecule is O=c1[nH]c(CN2CCCCC2CCO)nc2sc(-c3ccccc3)cc12. The van der Waals surface area contributed by atoms with Crippen LogP contribution in [-0.2, 0) is 6.54 Å². The first-order chi connectivity index (χ1) is 12.7. The van der Waals surface area contributed by atoms with E-state index in [-0.39, 0.29) is 12.2 Å². The fourth-order valence-corrected chi connectivity index (χ4v) is 4.79. The van der Waals surface area contributed by atoms with Gasteiger partial charge in [0.15, 0.2) is 0 Å². The minimum atomic E-state index is -0.0702. The molecule has 1 atom stereocenters. The Kier molecular flexibility index (Phi) is 5.15. The van der Waals surface area contributed by atoms with Crippen molar-refractivity contribution in [2.45, 2.75) is 38.3 Å². The second-order valence-corrected chi connectivity index (χ2v) is 7.87. The molecule has 2 N–H and O–H groups in total. The monoisotopic (exact) mass is 369 g/mol. The number of fused-ring (bicyclic) bond motifs is 1. The molecule has 1 saturated heterocycles. The van der Waals surface area contributed by atoms with Crippen molar-refractivity contribution in [1.82, 2.24) is 14.9 Å². The molecule has 136 valence electrons. The van der Waals surface area contributed by atoms with Crippen LogP contribution in [0.3, 0.4) is 0 Å². The number of aromatic amines is 1. The third-order valence-electron chi connectivity index (χ3n) is 5.07. The Bertz CT molecular complexity index is 933. The summed E-state index contributed by atoms with van der Waals surface area (Å²) in [5.74, 6) is 0.716. The molecule has 0 aliphatic carbocycles. The van der Waals surface area contributed by atoms with E-state index < -0.39 is 0 Å². The number of aromatic nitrogens is 2. The normalized spacial score (nSPS) is 18.4. The lowest BCUT2D eigenvalue weighted by Gasteiger charge is -2.35. The second-order valence-electron chi connectivity index (χ2n) is 6.84. The fourth-order valence-electron chi connectivity index (χ4n) is 3.73. The Morgan fingerprint density at radius 1 is 1.27 bits per heavy atom. The molecule has 0 saturated carbocycles. The minimum Gasteiger partial charge on any atom is -0.396 e. The molecular formula is C20H23N3O2S. The van der Waals surface area contributed by atoms with Gasteiger partial charge in [-0.15, -0.1) is 11.3 Å². The number of H-pyrrole nitrogens is 1. The summed E-state index contributed by atoms with van der Waals surface area (Å²) in [5, 5.41) is 9.96. The van der Waals surface area contributed by atoms with E-state index in [0.29, 0.717) is 23.8 Å². The van der Waals surface area contributed by atoms with E-state index >= 15 is 0 Å². The molecule has 6 heteroatoms. The average molecular weight is 369 g/mol. The minimum absolute atomic E-state index is 0.0702. The lowest BCUT2D eigenvalue weighted by atomic mass is 10.00. The zero-order chi connectivity index (χ0) is 17.9. The Morgan fingerprint density at radius 3 is 2.92 bits per heavy atom. The third kappa shape index (κ3) is 3.58. The summed E-state index contributed by atoms with van der Waals surface area (Å²) in [7, 11) is 0. The molecule has 0 amide bonds. The summed E-state index contributed by atoms with van der Waals surface area (Å²) in [5.41, 5.74) is 1.04. The van der Waals surface area contributed by atoms with E-state index in [1.165, 1.54) is 6.42 Å². The summed E-state index contributed by atoms with van der Waals surface area (Å²) in [6.45, 7) is 1.83. The summed E-state index contributed by atoms with van der Waals surface area (Å²) in [6.07, 6.45) is 4.24. The zero-order valence-electron chi connectivity index (χ0n) is 14.6. The molecule has 3 aromatic rings. The van der Waals surface area contributed by atoms with Crippen LogP contribution in [0, 0.1) is 0 Å². The molecule has 1 fully saturated rings. The fraction of sp³-hybridized carbons (Fsp3) is 0.400. The predicted molar refractivity (Wildman–Crippen MR) is 105 cm³/mol. The number of likely N-dealkylation sites (tertiary alicyclic amines) is 1. The number of rotatable bonds is 5. The molecule has 2 aromatic heterocycles. The number of benzene rings is 1. The van der Waals surface area contributed by atoms with Crippen LogP contribution in [0.5, 0.6) is 0 Å². The molecule has 1 aliphatic rings. The summed E-state index contributed by atoms with van der Waals surface area (Å²) in [6, 6.07) is 12.4. The lowest BCUT2D eigenvalue weighted by molar-refractivity contribution is 0.110. The van der Waals surface area contributed by atoms with Crippen molar-refractivity contribution in [2.75, 3.05) is 13.2 Å².